The summed E-state index contributed by atoms with van der Waals surface area (Å²) in [6, 6.07) is 14.3. The zero-order chi connectivity index (χ0) is 16.1. The Morgan fingerprint density at radius 3 is 2.14 bits per heavy atom. The maximum Gasteiger partial charge on any atom is 0.338 e. The first-order valence-electron chi connectivity index (χ1n) is 6.52. The van der Waals surface area contributed by atoms with E-state index >= 15 is 0 Å². The van der Waals surface area contributed by atoms with Crippen molar-refractivity contribution in [2.75, 3.05) is 0 Å². The summed E-state index contributed by atoms with van der Waals surface area (Å²) in [5.74, 6) is -0.919. The molecule has 0 bridgehead atoms. The van der Waals surface area contributed by atoms with Gasteiger partial charge < -0.3 is 4.74 Å². The molecule has 0 aliphatic heterocycles. The van der Waals surface area contributed by atoms with Crippen molar-refractivity contribution >= 4 is 23.4 Å². The number of esters is 1. The van der Waals surface area contributed by atoms with Gasteiger partial charge in [-0.25, -0.2) is 4.79 Å². The Labute approximate surface area is 132 Å². The fourth-order valence-electron chi connectivity index (χ4n) is 1.81. The van der Waals surface area contributed by atoms with Crippen LogP contribution in [0.5, 0.6) is 0 Å². The van der Waals surface area contributed by atoms with Crippen molar-refractivity contribution < 1.29 is 14.3 Å². The van der Waals surface area contributed by atoms with Crippen molar-refractivity contribution in [2.24, 2.45) is 0 Å². The highest BCUT2D eigenvalue weighted by molar-refractivity contribution is 6.30. The molecule has 1 unspecified atom stereocenters. The predicted molar refractivity (Wildman–Crippen MR) is 81.8 cm³/mol. The predicted octanol–water partition coefficient (Wildman–Crippen LogP) is 3.64. The number of nitriles is 1. The summed E-state index contributed by atoms with van der Waals surface area (Å²) in [7, 11) is 0. The van der Waals surface area contributed by atoms with E-state index in [4.69, 9.17) is 21.6 Å². The minimum absolute atomic E-state index is 0.287. The normalized spacial score (nSPS) is 11.3. The molecular formula is C17H12ClNO3. The highest BCUT2D eigenvalue weighted by Crippen LogP contribution is 2.13. The number of carbonyl (C=O) groups is 2. The average Bonchev–Trinajstić information content (AvgIpc) is 2.54. The molecule has 0 spiro atoms. The third-order valence-corrected chi connectivity index (χ3v) is 3.28. The van der Waals surface area contributed by atoms with Crippen LogP contribution in [-0.2, 0) is 4.74 Å². The molecule has 0 aromatic heterocycles. The quantitative estimate of drug-likeness (QED) is 0.638. The maximum absolute atomic E-state index is 12.2. The lowest BCUT2D eigenvalue weighted by atomic mass is 10.1. The van der Waals surface area contributed by atoms with E-state index in [-0.39, 0.29) is 11.3 Å². The topological polar surface area (TPSA) is 67.2 Å². The van der Waals surface area contributed by atoms with Crippen LogP contribution in [0.4, 0.5) is 0 Å². The van der Waals surface area contributed by atoms with Crippen LogP contribution < -0.4 is 0 Å². The zero-order valence-electron chi connectivity index (χ0n) is 11.7. The summed E-state index contributed by atoms with van der Waals surface area (Å²) >= 11 is 5.77. The molecule has 5 heteroatoms. The number of carbonyl (C=O) groups excluding carboxylic acids is 2. The molecule has 0 amide bonds. The van der Waals surface area contributed by atoms with Crippen LogP contribution in [0.15, 0.2) is 48.5 Å². The zero-order valence-corrected chi connectivity index (χ0v) is 12.5. The van der Waals surface area contributed by atoms with E-state index < -0.39 is 12.1 Å². The van der Waals surface area contributed by atoms with E-state index in [9.17, 15) is 9.59 Å². The molecule has 2 aromatic carbocycles. The Balaban J connectivity index is 2.05. The summed E-state index contributed by atoms with van der Waals surface area (Å²) in [5, 5.41) is 9.24. The van der Waals surface area contributed by atoms with Crippen molar-refractivity contribution in [2.45, 2.75) is 13.0 Å². The molecule has 0 saturated carbocycles. The van der Waals surface area contributed by atoms with Gasteiger partial charge in [0.05, 0.1) is 17.2 Å². The van der Waals surface area contributed by atoms with E-state index in [1.54, 1.807) is 24.3 Å². The molecule has 0 radical (unpaired) electrons. The molecule has 0 aliphatic carbocycles. The number of hydrogen-bond acceptors (Lipinski definition) is 4. The van der Waals surface area contributed by atoms with Crippen LogP contribution in [0, 0.1) is 11.3 Å². The van der Waals surface area contributed by atoms with Gasteiger partial charge >= 0.3 is 5.97 Å². The van der Waals surface area contributed by atoms with E-state index in [0.29, 0.717) is 16.1 Å². The Hall–Kier alpha value is -2.64. The molecular weight excluding hydrogens is 302 g/mol. The molecule has 1 atom stereocenters. The van der Waals surface area contributed by atoms with Gasteiger partial charge in [0.15, 0.2) is 6.10 Å². The van der Waals surface area contributed by atoms with Crippen molar-refractivity contribution in [1.29, 1.82) is 5.26 Å². The summed E-state index contributed by atoms with van der Waals surface area (Å²) in [6.07, 6.45) is -0.913. The van der Waals surface area contributed by atoms with Crippen LogP contribution in [0.3, 0.4) is 0 Å². The van der Waals surface area contributed by atoms with Crippen molar-refractivity contribution in [1.82, 2.24) is 0 Å². The van der Waals surface area contributed by atoms with Gasteiger partial charge in [-0.3, -0.25) is 4.79 Å². The third-order valence-electron chi connectivity index (χ3n) is 3.03. The molecule has 0 fully saturated rings. The Kier molecular flexibility index (Phi) is 4.92. The lowest BCUT2D eigenvalue weighted by Crippen LogP contribution is -2.24. The highest BCUT2D eigenvalue weighted by atomic mass is 35.5. The van der Waals surface area contributed by atoms with Gasteiger partial charge in [-0.15, -0.1) is 0 Å². The molecule has 110 valence electrons. The smallest absolute Gasteiger partial charge is 0.338 e. The van der Waals surface area contributed by atoms with Crippen LogP contribution in [-0.4, -0.2) is 17.9 Å². The molecule has 4 nitrogen and oxygen atoms in total. The van der Waals surface area contributed by atoms with Gasteiger partial charge in [0, 0.05) is 10.6 Å². The molecule has 2 rings (SSSR count). The van der Waals surface area contributed by atoms with Crippen LogP contribution >= 0.6 is 11.6 Å². The van der Waals surface area contributed by atoms with E-state index in [1.165, 1.54) is 31.2 Å². The SMILES string of the molecule is CC(OC(=O)c1ccc(C#N)cc1)C(=O)c1ccc(Cl)cc1. The summed E-state index contributed by atoms with van der Waals surface area (Å²) in [4.78, 5) is 24.1. The molecule has 22 heavy (non-hydrogen) atoms. The number of Topliss-reactive ketones (excluding diaryl/α,β-unsaturated/α-hetero) is 1. The molecule has 2 aromatic rings. The fourth-order valence-corrected chi connectivity index (χ4v) is 1.94. The molecule has 0 aliphatic rings. The number of hydrogen-bond donors (Lipinski definition) is 0. The third kappa shape index (κ3) is 3.72. The van der Waals surface area contributed by atoms with Gasteiger partial charge in [-0.1, -0.05) is 11.6 Å². The number of ether oxygens (including phenoxy) is 1. The lowest BCUT2D eigenvalue weighted by Gasteiger charge is -2.12. The first-order valence-corrected chi connectivity index (χ1v) is 6.90. The monoisotopic (exact) mass is 313 g/mol. The van der Waals surface area contributed by atoms with Crippen molar-refractivity contribution in [3.05, 3.63) is 70.2 Å². The second kappa shape index (κ2) is 6.88. The van der Waals surface area contributed by atoms with Crippen molar-refractivity contribution in [3.8, 4) is 6.07 Å². The van der Waals surface area contributed by atoms with Gasteiger partial charge in [-0.05, 0) is 55.5 Å². The first-order chi connectivity index (χ1) is 10.5. The Bertz CT molecular complexity index is 730. The van der Waals surface area contributed by atoms with Crippen LogP contribution in [0.25, 0.3) is 0 Å². The fraction of sp³-hybridized carbons (Fsp3) is 0.118. The number of ketones is 1. The number of nitrogens with zero attached hydrogens (tertiary/aromatic N) is 1. The Morgan fingerprint density at radius 1 is 1.05 bits per heavy atom. The highest BCUT2D eigenvalue weighted by Gasteiger charge is 2.20. The second-order valence-electron chi connectivity index (χ2n) is 4.61. The van der Waals surface area contributed by atoms with Gasteiger partial charge in [-0.2, -0.15) is 5.26 Å². The molecule has 0 saturated heterocycles. The summed E-state index contributed by atoms with van der Waals surface area (Å²) in [6.45, 7) is 1.51. The lowest BCUT2D eigenvalue weighted by molar-refractivity contribution is 0.0319. The van der Waals surface area contributed by atoms with E-state index in [2.05, 4.69) is 0 Å². The van der Waals surface area contributed by atoms with E-state index in [0.717, 1.165) is 0 Å². The van der Waals surface area contributed by atoms with Crippen molar-refractivity contribution in [3.63, 3.8) is 0 Å². The Morgan fingerprint density at radius 2 is 1.59 bits per heavy atom. The van der Waals surface area contributed by atoms with Gasteiger partial charge in [0.25, 0.3) is 0 Å². The van der Waals surface area contributed by atoms with E-state index in [1.807, 2.05) is 6.07 Å². The maximum atomic E-state index is 12.2. The summed E-state index contributed by atoms with van der Waals surface area (Å²) < 4.78 is 5.15. The standard InChI is InChI=1S/C17H12ClNO3/c1-11(16(20)13-6-8-15(18)9-7-13)22-17(21)14-4-2-12(10-19)3-5-14/h2-9,11H,1H3. The number of halogens is 1. The second-order valence-corrected chi connectivity index (χ2v) is 5.04. The van der Waals surface area contributed by atoms with Crippen LogP contribution in [0.2, 0.25) is 5.02 Å². The number of rotatable bonds is 4. The summed E-state index contributed by atoms with van der Waals surface area (Å²) in [5.41, 5.74) is 1.15. The first kappa shape index (κ1) is 15.7. The van der Waals surface area contributed by atoms with Crippen LogP contribution in [0.1, 0.15) is 33.2 Å². The number of benzene rings is 2. The van der Waals surface area contributed by atoms with Gasteiger partial charge in [0.1, 0.15) is 0 Å². The molecule has 0 N–H and O–H groups in total. The minimum atomic E-state index is -0.913. The average molecular weight is 314 g/mol. The largest absolute Gasteiger partial charge is 0.451 e. The minimum Gasteiger partial charge on any atom is -0.451 e. The van der Waals surface area contributed by atoms with Gasteiger partial charge in [0.2, 0.25) is 5.78 Å². The molecule has 0 heterocycles.